The Bertz CT molecular complexity index is 619. The van der Waals surface area contributed by atoms with E-state index in [1.54, 1.807) is 0 Å². The highest BCUT2D eigenvalue weighted by molar-refractivity contribution is 5.97. The number of aryl methyl sites for hydroxylation is 1. The van der Waals surface area contributed by atoms with Crippen molar-refractivity contribution in [3.63, 3.8) is 0 Å². The molecule has 0 unspecified atom stereocenters. The lowest BCUT2D eigenvalue weighted by atomic mass is 9.87. The fourth-order valence-corrected chi connectivity index (χ4v) is 2.02. The van der Waals surface area contributed by atoms with Crippen molar-refractivity contribution in [2.24, 2.45) is 0 Å². The van der Waals surface area contributed by atoms with Crippen LogP contribution < -0.4 is 4.74 Å². The topological polar surface area (TPSA) is 26.3 Å². The van der Waals surface area contributed by atoms with Crippen LogP contribution in [0.5, 0.6) is 5.75 Å². The summed E-state index contributed by atoms with van der Waals surface area (Å²) in [5.74, 6) is 0.735. The zero-order chi connectivity index (χ0) is 15.5. The third-order valence-electron chi connectivity index (χ3n) is 3.44. The van der Waals surface area contributed by atoms with Crippen LogP contribution in [0.25, 0.3) is 0 Å². The Balaban J connectivity index is 2.03. The van der Waals surface area contributed by atoms with Gasteiger partial charge in [-0.25, -0.2) is 0 Å². The molecule has 2 aromatic rings. The SMILES string of the molecule is Cc1ccc(C(=O)COc2cccc(C(C)(C)C)c2)cc1. The van der Waals surface area contributed by atoms with Gasteiger partial charge in [0.25, 0.3) is 0 Å². The number of carbonyl (C=O) groups excluding carboxylic acids is 1. The van der Waals surface area contributed by atoms with Gasteiger partial charge in [0.15, 0.2) is 12.4 Å². The number of benzene rings is 2. The van der Waals surface area contributed by atoms with Gasteiger partial charge in [0.2, 0.25) is 0 Å². The van der Waals surface area contributed by atoms with Crippen LogP contribution in [0.2, 0.25) is 0 Å². The van der Waals surface area contributed by atoms with E-state index in [4.69, 9.17) is 4.74 Å². The molecule has 2 heteroatoms. The van der Waals surface area contributed by atoms with Crippen LogP contribution in [-0.2, 0) is 5.41 Å². The average molecular weight is 282 g/mol. The maximum absolute atomic E-state index is 12.1. The highest BCUT2D eigenvalue weighted by Gasteiger charge is 2.14. The van der Waals surface area contributed by atoms with Gasteiger partial charge in [-0.15, -0.1) is 0 Å². The van der Waals surface area contributed by atoms with Gasteiger partial charge in [0.1, 0.15) is 5.75 Å². The molecule has 21 heavy (non-hydrogen) atoms. The molecule has 0 fully saturated rings. The molecule has 0 amide bonds. The molecule has 0 atom stereocenters. The summed E-state index contributed by atoms with van der Waals surface area (Å²) in [4.78, 5) is 12.1. The van der Waals surface area contributed by atoms with Crippen LogP contribution in [0.4, 0.5) is 0 Å². The first-order valence-electron chi connectivity index (χ1n) is 7.19. The number of ether oxygens (including phenoxy) is 1. The zero-order valence-corrected chi connectivity index (χ0v) is 13.1. The predicted molar refractivity (Wildman–Crippen MR) is 86.1 cm³/mol. The summed E-state index contributed by atoms with van der Waals surface area (Å²) in [7, 11) is 0. The lowest BCUT2D eigenvalue weighted by molar-refractivity contribution is 0.0921. The molecule has 2 aromatic carbocycles. The van der Waals surface area contributed by atoms with Crippen LogP contribution in [0, 0.1) is 6.92 Å². The molecule has 0 aliphatic heterocycles. The van der Waals surface area contributed by atoms with Crippen molar-refractivity contribution in [2.75, 3.05) is 6.61 Å². The minimum absolute atomic E-state index is 0.00355. The third kappa shape index (κ3) is 4.19. The molecule has 2 nitrogen and oxygen atoms in total. The Morgan fingerprint density at radius 2 is 1.71 bits per heavy atom. The lowest BCUT2D eigenvalue weighted by Crippen LogP contribution is -2.13. The fourth-order valence-electron chi connectivity index (χ4n) is 2.02. The van der Waals surface area contributed by atoms with Crippen molar-refractivity contribution in [3.05, 3.63) is 65.2 Å². The monoisotopic (exact) mass is 282 g/mol. The zero-order valence-electron chi connectivity index (χ0n) is 13.1. The summed E-state index contributed by atoms with van der Waals surface area (Å²) >= 11 is 0. The molecule has 0 heterocycles. The Hall–Kier alpha value is -2.09. The van der Waals surface area contributed by atoms with Crippen LogP contribution in [0.15, 0.2) is 48.5 Å². The fraction of sp³-hybridized carbons (Fsp3) is 0.316. The van der Waals surface area contributed by atoms with Gasteiger partial charge in [0, 0.05) is 5.56 Å². The summed E-state index contributed by atoms with van der Waals surface area (Å²) in [5.41, 5.74) is 3.10. The van der Waals surface area contributed by atoms with E-state index < -0.39 is 0 Å². The molecule has 0 bridgehead atoms. The molecule has 0 spiro atoms. The van der Waals surface area contributed by atoms with Crippen LogP contribution in [-0.4, -0.2) is 12.4 Å². The molecule has 0 saturated heterocycles. The van der Waals surface area contributed by atoms with E-state index in [-0.39, 0.29) is 17.8 Å². The smallest absolute Gasteiger partial charge is 0.200 e. The maximum atomic E-state index is 12.1. The van der Waals surface area contributed by atoms with Crippen LogP contribution in [0.3, 0.4) is 0 Å². The first-order chi connectivity index (χ1) is 9.86. The van der Waals surface area contributed by atoms with E-state index in [1.807, 2.05) is 49.4 Å². The van der Waals surface area contributed by atoms with Crippen LogP contribution >= 0.6 is 0 Å². The van der Waals surface area contributed by atoms with Crippen molar-refractivity contribution >= 4 is 5.78 Å². The summed E-state index contributed by atoms with van der Waals surface area (Å²) in [6.45, 7) is 8.54. The van der Waals surface area contributed by atoms with Gasteiger partial charge in [-0.2, -0.15) is 0 Å². The van der Waals surface area contributed by atoms with E-state index in [2.05, 4.69) is 26.8 Å². The molecule has 0 aromatic heterocycles. The third-order valence-corrected chi connectivity index (χ3v) is 3.44. The highest BCUT2D eigenvalue weighted by atomic mass is 16.5. The largest absolute Gasteiger partial charge is 0.485 e. The molecule has 0 N–H and O–H groups in total. The van der Waals surface area contributed by atoms with E-state index in [9.17, 15) is 4.79 Å². The van der Waals surface area contributed by atoms with Crippen molar-refractivity contribution in [2.45, 2.75) is 33.1 Å². The average Bonchev–Trinajstić information content (AvgIpc) is 2.45. The summed E-state index contributed by atoms with van der Waals surface area (Å²) < 4.78 is 5.64. The Labute approximate surface area is 126 Å². The molecule has 0 aliphatic carbocycles. The maximum Gasteiger partial charge on any atom is 0.200 e. The molecule has 0 radical (unpaired) electrons. The van der Waals surface area contributed by atoms with E-state index in [0.29, 0.717) is 5.56 Å². The summed E-state index contributed by atoms with van der Waals surface area (Å²) in [6.07, 6.45) is 0. The standard InChI is InChI=1S/C19H22O2/c1-14-8-10-15(11-9-14)18(20)13-21-17-7-5-6-16(12-17)19(2,3)4/h5-12H,13H2,1-4H3. The first kappa shape index (κ1) is 15.3. The van der Waals surface area contributed by atoms with Crippen molar-refractivity contribution in [1.82, 2.24) is 0 Å². The second-order valence-electron chi connectivity index (χ2n) is 6.36. The molecule has 0 saturated carbocycles. The molecule has 110 valence electrons. The minimum Gasteiger partial charge on any atom is -0.485 e. The molecular formula is C19H22O2. The number of hydrogen-bond acceptors (Lipinski definition) is 2. The Morgan fingerprint density at radius 3 is 2.33 bits per heavy atom. The van der Waals surface area contributed by atoms with Crippen molar-refractivity contribution < 1.29 is 9.53 Å². The summed E-state index contributed by atoms with van der Waals surface area (Å²) in [5, 5.41) is 0. The quantitative estimate of drug-likeness (QED) is 0.769. The van der Waals surface area contributed by atoms with Crippen molar-refractivity contribution in [1.29, 1.82) is 0 Å². The van der Waals surface area contributed by atoms with E-state index >= 15 is 0 Å². The van der Waals surface area contributed by atoms with Crippen LogP contribution in [0.1, 0.15) is 42.3 Å². The second-order valence-corrected chi connectivity index (χ2v) is 6.36. The first-order valence-corrected chi connectivity index (χ1v) is 7.19. The lowest BCUT2D eigenvalue weighted by Gasteiger charge is -2.19. The van der Waals surface area contributed by atoms with Gasteiger partial charge in [-0.1, -0.05) is 62.7 Å². The number of ketones is 1. The predicted octanol–water partition coefficient (Wildman–Crippen LogP) is 4.55. The normalized spacial score (nSPS) is 11.2. The van der Waals surface area contributed by atoms with Gasteiger partial charge in [-0.3, -0.25) is 4.79 Å². The van der Waals surface area contributed by atoms with Gasteiger partial charge in [0.05, 0.1) is 0 Å². The number of carbonyl (C=O) groups is 1. The van der Waals surface area contributed by atoms with E-state index in [0.717, 1.165) is 11.3 Å². The number of rotatable bonds is 4. The van der Waals surface area contributed by atoms with E-state index in [1.165, 1.54) is 5.56 Å². The van der Waals surface area contributed by atoms with Gasteiger partial charge < -0.3 is 4.74 Å². The Kier molecular flexibility index (Phi) is 4.46. The second kappa shape index (κ2) is 6.13. The van der Waals surface area contributed by atoms with Gasteiger partial charge >= 0.3 is 0 Å². The van der Waals surface area contributed by atoms with Gasteiger partial charge in [-0.05, 0) is 30.0 Å². The number of hydrogen-bond donors (Lipinski definition) is 0. The highest BCUT2D eigenvalue weighted by Crippen LogP contribution is 2.25. The molecule has 2 rings (SSSR count). The Morgan fingerprint density at radius 1 is 1.05 bits per heavy atom. The molecular weight excluding hydrogens is 260 g/mol. The summed E-state index contributed by atoms with van der Waals surface area (Å²) in [6, 6.07) is 15.5. The minimum atomic E-state index is -0.00355. The van der Waals surface area contributed by atoms with Crippen molar-refractivity contribution in [3.8, 4) is 5.75 Å². The molecule has 0 aliphatic rings. The number of Topliss-reactive ketones (excluding diaryl/α,β-unsaturated/α-hetero) is 1.